The number of anilines is 1. The summed E-state index contributed by atoms with van der Waals surface area (Å²) < 4.78 is 6.26. The zero-order chi connectivity index (χ0) is 30.3. The van der Waals surface area contributed by atoms with E-state index in [2.05, 4.69) is 66.7 Å². The Morgan fingerprint density at radius 2 is 1.40 bits per heavy atom. The summed E-state index contributed by atoms with van der Waals surface area (Å²) in [5, 5.41) is 3.19. The van der Waals surface area contributed by atoms with Crippen LogP contribution in [0.2, 0.25) is 0 Å². The Morgan fingerprint density at radius 1 is 0.644 bits per heavy atom. The number of benzene rings is 5. The van der Waals surface area contributed by atoms with Crippen LogP contribution in [-0.4, -0.2) is 15.0 Å². The van der Waals surface area contributed by atoms with Crippen molar-refractivity contribution in [3.05, 3.63) is 139 Å². The third-order valence-corrected chi connectivity index (χ3v) is 8.23. The van der Waals surface area contributed by atoms with Crippen molar-refractivity contribution in [1.29, 1.82) is 0 Å². The minimum atomic E-state index is 0.562. The quantitative estimate of drug-likeness (QED) is 0.205. The molecule has 0 amide bonds. The monoisotopic (exact) mass is 580 g/mol. The van der Waals surface area contributed by atoms with E-state index in [-0.39, 0.29) is 0 Å². The maximum Gasteiger partial charge on any atom is 0.227 e. The Hall–Kier alpha value is -6.07. The van der Waals surface area contributed by atoms with Crippen molar-refractivity contribution in [3.8, 4) is 45.0 Å². The smallest absolute Gasteiger partial charge is 0.227 e. The lowest BCUT2D eigenvalue weighted by molar-refractivity contribution is 0.620. The van der Waals surface area contributed by atoms with Gasteiger partial charge in [0.2, 0.25) is 5.89 Å². The highest BCUT2D eigenvalue weighted by molar-refractivity contribution is 6.04. The molecule has 45 heavy (non-hydrogen) atoms. The number of rotatable bonds is 5. The molecule has 3 aromatic heterocycles. The van der Waals surface area contributed by atoms with Crippen LogP contribution >= 0.6 is 0 Å². The molecule has 0 bridgehead atoms. The van der Waals surface area contributed by atoms with Crippen LogP contribution in [0.4, 0.5) is 5.69 Å². The average Bonchev–Trinajstić information content (AvgIpc) is 3.54. The summed E-state index contributed by atoms with van der Waals surface area (Å²) in [4.78, 5) is 14.7. The van der Waals surface area contributed by atoms with E-state index in [1.54, 1.807) is 0 Å². The molecule has 3 heterocycles. The van der Waals surface area contributed by atoms with Gasteiger partial charge in [0, 0.05) is 45.4 Å². The summed E-state index contributed by atoms with van der Waals surface area (Å²) in [6.07, 6.45) is 7.85. The number of allylic oxidation sites excluding steroid dienone is 1. The molecule has 0 fully saturated rings. The van der Waals surface area contributed by atoms with E-state index in [1.807, 2.05) is 80.0 Å². The van der Waals surface area contributed by atoms with Gasteiger partial charge in [-0.05, 0) is 65.4 Å². The molecule has 5 heteroatoms. The maximum atomic E-state index is 6.50. The van der Waals surface area contributed by atoms with Crippen molar-refractivity contribution in [1.82, 2.24) is 15.0 Å². The molecule has 0 radical (unpaired) electrons. The topological polar surface area (TPSA) is 77.8 Å². The standard InChI is InChI=1S/C40H28N4O/c1-2-10-25-17-18-27-19-31(23-42-39(27)37(25)41)28-20-29(22-30(21-28)40-44-35-15-8-9-16-36(35)45-40)34-24-43-38(26-11-4-3-5-12-26)33-14-7-6-13-32(33)34/h2-24H,41H2,1H3/b10-2-. The minimum absolute atomic E-state index is 0.562. The lowest BCUT2D eigenvalue weighted by Crippen LogP contribution is -1.94. The van der Waals surface area contributed by atoms with E-state index < -0.39 is 0 Å². The number of aromatic nitrogens is 3. The average molecular weight is 581 g/mol. The second-order valence-electron chi connectivity index (χ2n) is 11.1. The van der Waals surface area contributed by atoms with Crippen LogP contribution in [-0.2, 0) is 0 Å². The van der Waals surface area contributed by atoms with Crippen LogP contribution in [0, 0.1) is 0 Å². The largest absolute Gasteiger partial charge is 0.436 e. The molecular formula is C40H28N4O. The number of nitrogen functional groups attached to an aromatic ring is 1. The Morgan fingerprint density at radius 3 is 2.24 bits per heavy atom. The van der Waals surface area contributed by atoms with Crippen LogP contribution in [0.15, 0.2) is 138 Å². The van der Waals surface area contributed by atoms with Gasteiger partial charge in [-0.15, -0.1) is 0 Å². The maximum absolute atomic E-state index is 6.50. The van der Waals surface area contributed by atoms with Crippen molar-refractivity contribution in [2.75, 3.05) is 5.73 Å². The van der Waals surface area contributed by atoms with Gasteiger partial charge in [-0.1, -0.05) is 91.0 Å². The van der Waals surface area contributed by atoms with Crippen molar-refractivity contribution in [2.45, 2.75) is 6.92 Å². The van der Waals surface area contributed by atoms with Crippen molar-refractivity contribution < 1.29 is 4.42 Å². The molecule has 0 saturated heterocycles. The molecule has 0 saturated carbocycles. The van der Waals surface area contributed by atoms with Crippen molar-refractivity contribution in [2.24, 2.45) is 0 Å². The summed E-state index contributed by atoms with van der Waals surface area (Å²) in [7, 11) is 0. The number of pyridine rings is 2. The lowest BCUT2D eigenvalue weighted by atomic mass is 9.93. The van der Waals surface area contributed by atoms with Crippen LogP contribution in [0.1, 0.15) is 12.5 Å². The van der Waals surface area contributed by atoms with Crippen LogP contribution in [0.25, 0.3) is 83.8 Å². The van der Waals surface area contributed by atoms with Gasteiger partial charge in [-0.25, -0.2) is 4.98 Å². The van der Waals surface area contributed by atoms with Crippen LogP contribution < -0.4 is 5.73 Å². The van der Waals surface area contributed by atoms with E-state index >= 15 is 0 Å². The first-order valence-electron chi connectivity index (χ1n) is 14.9. The predicted octanol–water partition coefficient (Wildman–Crippen LogP) is 10.2. The lowest BCUT2D eigenvalue weighted by Gasteiger charge is -2.14. The van der Waals surface area contributed by atoms with Gasteiger partial charge < -0.3 is 10.2 Å². The number of oxazole rings is 1. The Labute approximate surface area is 260 Å². The number of nitrogens with two attached hydrogens (primary N) is 1. The van der Waals surface area contributed by atoms with Gasteiger partial charge >= 0.3 is 0 Å². The molecule has 5 nitrogen and oxygen atoms in total. The SMILES string of the molecule is C/C=C\c1ccc2cc(-c3cc(-c4nc5ccccc5o4)cc(-c4cnc(-c5ccccc5)c5ccccc45)c3)cnc2c1N. The van der Waals surface area contributed by atoms with Gasteiger partial charge in [-0.2, -0.15) is 0 Å². The summed E-state index contributed by atoms with van der Waals surface area (Å²) in [6.45, 7) is 1.98. The number of hydrogen-bond acceptors (Lipinski definition) is 5. The van der Waals surface area contributed by atoms with E-state index in [0.29, 0.717) is 11.6 Å². The number of nitrogens with zero attached hydrogens (tertiary/aromatic N) is 3. The van der Waals surface area contributed by atoms with Gasteiger partial charge in [0.05, 0.1) is 16.9 Å². The van der Waals surface area contributed by atoms with E-state index in [4.69, 9.17) is 25.1 Å². The first kappa shape index (κ1) is 26.5. The van der Waals surface area contributed by atoms with Gasteiger partial charge in [0.15, 0.2) is 5.58 Å². The summed E-state index contributed by atoms with van der Waals surface area (Å²) in [5.74, 6) is 0.562. The zero-order valence-corrected chi connectivity index (χ0v) is 24.6. The fraction of sp³-hybridized carbons (Fsp3) is 0.0250. The van der Waals surface area contributed by atoms with E-state index in [1.165, 1.54) is 0 Å². The van der Waals surface area contributed by atoms with Crippen LogP contribution in [0.5, 0.6) is 0 Å². The number of fused-ring (bicyclic) bond motifs is 3. The summed E-state index contributed by atoms with van der Waals surface area (Å²) in [6, 6.07) is 39.3. The Kier molecular flexibility index (Phi) is 6.42. The molecule has 8 aromatic rings. The molecule has 2 N–H and O–H groups in total. The highest BCUT2D eigenvalue weighted by Crippen LogP contribution is 2.39. The predicted molar refractivity (Wildman–Crippen MR) is 185 cm³/mol. The van der Waals surface area contributed by atoms with Gasteiger partial charge in [0.1, 0.15) is 5.52 Å². The zero-order valence-electron chi connectivity index (χ0n) is 24.6. The molecule has 0 aliphatic heterocycles. The molecule has 8 rings (SSSR count). The normalized spacial score (nSPS) is 11.7. The summed E-state index contributed by atoms with van der Waals surface area (Å²) >= 11 is 0. The molecule has 214 valence electrons. The van der Waals surface area contributed by atoms with Gasteiger partial charge in [0.25, 0.3) is 0 Å². The van der Waals surface area contributed by atoms with E-state index in [0.717, 1.165) is 77.4 Å². The second kappa shape index (κ2) is 10.9. The minimum Gasteiger partial charge on any atom is -0.436 e. The Bertz CT molecular complexity index is 2370. The fourth-order valence-corrected chi connectivity index (χ4v) is 6.04. The van der Waals surface area contributed by atoms with E-state index in [9.17, 15) is 0 Å². The first-order valence-corrected chi connectivity index (χ1v) is 14.9. The Balaban J connectivity index is 1.35. The van der Waals surface area contributed by atoms with Crippen molar-refractivity contribution >= 4 is 44.5 Å². The second-order valence-corrected chi connectivity index (χ2v) is 11.1. The highest BCUT2D eigenvalue weighted by atomic mass is 16.3. The molecule has 0 aliphatic carbocycles. The molecule has 0 unspecified atom stereocenters. The molecular weight excluding hydrogens is 552 g/mol. The van der Waals surface area contributed by atoms with Crippen LogP contribution in [0.3, 0.4) is 0 Å². The fourth-order valence-electron chi connectivity index (χ4n) is 6.04. The third kappa shape index (κ3) is 4.71. The summed E-state index contributed by atoms with van der Waals surface area (Å²) in [5.41, 5.74) is 17.4. The molecule has 0 aliphatic rings. The number of hydrogen-bond donors (Lipinski definition) is 1. The third-order valence-electron chi connectivity index (χ3n) is 8.23. The highest BCUT2D eigenvalue weighted by Gasteiger charge is 2.16. The first-order chi connectivity index (χ1) is 22.2. The molecule has 5 aromatic carbocycles. The molecule has 0 atom stereocenters. The molecule has 0 spiro atoms. The van der Waals surface area contributed by atoms with Gasteiger partial charge in [-0.3, -0.25) is 9.97 Å². The number of para-hydroxylation sites is 2. The van der Waals surface area contributed by atoms with Crippen molar-refractivity contribution in [3.63, 3.8) is 0 Å².